The van der Waals surface area contributed by atoms with Crippen molar-refractivity contribution in [3.8, 4) is 0 Å². The molecule has 3 aromatic rings. The van der Waals surface area contributed by atoms with E-state index >= 15 is 0 Å². The van der Waals surface area contributed by atoms with Gasteiger partial charge in [0.1, 0.15) is 0 Å². The monoisotopic (exact) mass is 400 g/mol. The number of hydrogen-bond donors (Lipinski definition) is 2. The van der Waals surface area contributed by atoms with Crippen molar-refractivity contribution in [3.63, 3.8) is 0 Å². The summed E-state index contributed by atoms with van der Waals surface area (Å²) in [6, 6.07) is 14.5. The number of amides is 2. The van der Waals surface area contributed by atoms with Gasteiger partial charge in [0.15, 0.2) is 0 Å². The lowest BCUT2D eigenvalue weighted by molar-refractivity contribution is -0.115. The number of imidazole rings is 1. The predicted octanol–water partition coefficient (Wildman–Crippen LogP) is 3.41. The highest BCUT2D eigenvalue weighted by molar-refractivity contribution is 8.00. The van der Waals surface area contributed by atoms with Gasteiger partial charge in [0, 0.05) is 22.3 Å². The number of hydrogen-bond acceptors (Lipinski definition) is 4. The van der Waals surface area contributed by atoms with Crippen LogP contribution in [0.2, 0.25) is 5.02 Å². The number of carbonyl (C=O) groups excluding carboxylic acids is 2. The molecule has 2 amide bonds. The summed E-state index contributed by atoms with van der Waals surface area (Å²) in [6.45, 7) is 0.480. The summed E-state index contributed by atoms with van der Waals surface area (Å²) in [4.78, 5) is 28.7. The van der Waals surface area contributed by atoms with Crippen LogP contribution in [0.3, 0.4) is 0 Å². The molecule has 0 aliphatic carbocycles. The number of carbonyl (C=O) groups is 2. The van der Waals surface area contributed by atoms with E-state index in [2.05, 4.69) is 10.3 Å². The van der Waals surface area contributed by atoms with E-state index in [1.807, 2.05) is 24.3 Å². The molecule has 0 radical (unpaired) electrons. The van der Waals surface area contributed by atoms with Crippen molar-refractivity contribution in [2.45, 2.75) is 11.4 Å². The van der Waals surface area contributed by atoms with E-state index in [9.17, 15) is 9.59 Å². The molecule has 0 fully saturated rings. The SMILES string of the molecule is NC(=O)CSc1ccccc1C(=O)Nc1nccn1Cc1ccccc1Cl. The number of anilines is 1. The summed E-state index contributed by atoms with van der Waals surface area (Å²) in [7, 11) is 0. The van der Waals surface area contributed by atoms with E-state index in [1.165, 1.54) is 11.8 Å². The summed E-state index contributed by atoms with van der Waals surface area (Å²) >= 11 is 7.44. The van der Waals surface area contributed by atoms with Crippen LogP contribution in [0.15, 0.2) is 65.8 Å². The molecule has 0 atom stereocenters. The number of aromatic nitrogens is 2. The van der Waals surface area contributed by atoms with Crippen molar-refractivity contribution >= 4 is 41.1 Å². The van der Waals surface area contributed by atoms with Crippen molar-refractivity contribution in [1.29, 1.82) is 0 Å². The number of primary amides is 1. The first-order chi connectivity index (χ1) is 13.0. The highest BCUT2D eigenvalue weighted by atomic mass is 35.5. The lowest BCUT2D eigenvalue weighted by Gasteiger charge is -2.12. The topological polar surface area (TPSA) is 90.0 Å². The Balaban J connectivity index is 1.77. The lowest BCUT2D eigenvalue weighted by atomic mass is 10.2. The van der Waals surface area contributed by atoms with Crippen LogP contribution >= 0.6 is 23.4 Å². The molecule has 8 heteroatoms. The second-order valence-corrected chi connectivity index (χ2v) is 7.10. The molecule has 0 unspecified atom stereocenters. The van der Waals surface area contributed by atoms with Crippen molar-refractivity contribution in [1.82, 2.24) is 9.55 Å². The van der Waals surface area contributed by atoms with Crippen LogP contribution in [0.25, 0.3) is 0 Å². The molecule has 0 saturated carbocycles. The largest absolute Gasteiger partial charge is 0.369 e. The number of benzene rings is 2. The number of thioether (sulfide) groups is 1. The Morgan fingerprint density at radius 3 is 2.67 bits per heavy atom. The summed E-state index contributed by atoms with van der Waals surface area (Å²) in [5.74, 6) is -0.236. The maximum Gasteiger partial charge on any atom is 0.259 e. The maximum atomic E-state index is 12.7. The summed E-state index contributed by atoms with van der Waals surface area (Å²) in [5.41, 5.74) is 6.57. The maximum absolute atomic E-state index is 12.7. The van der Waals surface area contributed by atoms with E-state index in [0.29, 0.717) is 28.0 Å². The Labute approximate surface area is 165 Å². The van der Waals surface area contributed by atoms with E-state index in [-0.39, 0.29) is 11.7 Å². The molecule has 0 spiro atoms. The van der Waals surface area contributed by atoms with Gasteiger partial charge < -0.3 is 10.3 Å². The third kappa shape index (κ3) is 4.90. The van der Waals surface area contributed by atoms with Gasteiger partial charge >= 0.3 is 0 Å². The Morgan fingerprint density at radius 2 is 1.89 bits per heavy atom. The average molecular weight is 401 g/mol. The van der Waals surface area contributed by atoms with Crippen molar-refractivity contribution in [2.75, 3.05) is 11.1 Å². The van der Waals surface area contributed by atoms with E-state index in [4.69, 9.17) is 17.3 Å². The first-order valence-electron chi connectivity index (χ1n) is 8.10. The van der Waals surface area contributed by atoms with Gasteiger partial charge in [0.05, 0.1) is 17.9 Å². The van der Waals surface area contributed by atoms with Crippen LogP contribution in [0.1, 0.15) is 15.9 Å². The number of halogens is 1. The van der Waals surface area contributed by atoms with Gasteiger partial charge in [-0.2, -0.15) is 0 Å². The van der Waals surface area contributed by atoms with Crippen molar-refractivity contribution in [2.24, 2.45) is 5.73 Å². The van der Waals surface area contributed by atoms with E-state index in [1.54, 1.807) is 41.2 Å². The molecule has 1 aromatic heterocycles. The number of nitrogens with zero attached hydrogens (tertiary/aromatic N) is 2. The minimum atomic E-state index is -0.439. The van der Waals surface area contributed by atoms with Crippen LogP contribution in [-0.4, -0.2) is 27.1 Å². The summed E-state index contributed by atoms with van der Waals surface area (Å²) in [5, 5.41) is 3.46. The fraction of sp³-hybridized carbons (Fsp3) is 0.105. The molecule has 0 bridgehead atoms. The van der Waals surface area contributed by atoms with Gasteiger partial charge in [-0.05, 0) is 23.8 Å². The fourth-order valence-electron chi connectivity index (χ4n) is 2.47. The number of nitrogens with two attached hydrogens (primary N) is 1. The average Bonchev–Trinajstić information content (AvgIpc) is 3.08. The van der Waals surface area contributed by atoms with Crippen LogP contribution in [0.5, 0.6) is 0 Å². The molecule has 0 saturated heterocycles. The minimum absolute atomic E-state index is 0.103. The first-order valence-corrected chi connectivity index (χ1v) is 9.47. The van der Waals surface area contributed by atoms with Crippen LogP contribution in [0.4, 0.5) is 5.95 Å². The van der Waals surface area contributed by atoms with Gasteiger partial charge in [0.2, 0.25) is 11.9 Å². The highest BCUT2D eigenvalue weighted by Gasteiger charge is 2.15. The Morgan fingerprint density at radius 1 is 1.15 bits per heavy atom. The summed E-state index contributed by atoms with van der Waals surface area (Å²) < 4.78 is 1.80. The quantitative estimate of drug-likeness (QED) is 0.594. The minimum Gasteiger partial charge on any atom is -0.369 e. The van der Waals surface area contributed by atoms with Crippen LogP contribution in [0, 0.1) is 0 Å². The van der Waals surface area contributed by atoms with Crippen molar-refractivity contribution in [3.05, 3.63) is 77.1 Å². The van der Waals surface area contributed by atoms with E-state index in [0.717, 1.165) is 5.56 Å². The second kappa shape index (κ2) is 8.75. The zero-order valence-corrected chi connectivity index (χ0v) is 15.8. The molecule has 27 heavy (non-hydrogen) atoms. The first kappa shape index (κ1) is 19.0. The highest BCUT2D eigenvalue weighted by Crippen LogP contribution is 2.24. The third-order valence-corrected chi connectivity index (χ3v) is 5.21. The lowest BCUT2D eigenvalue weighted by Crippen LogP contribution is -2.18. The molecular formula is C19H17ClN4O2S. The molecule has 0 aliphatic rings. The van der Waals surface area contributed by atoms with Crippen LogP contribution < -0.4 is 11.1 Å². The predicted molar refractivity (Wildman–Crippen MR) is 107 cm³/mol. The normalized spacial score (nSPS) is 10.6. The Kier molecular flexibility index (Phi) is 6.16. The standard InChI is InChI=1S/C19H17ClN4O2S/c20-15-7-3-1-5-13(15)11-24-10-9-22-19(24)23-18(26)14-6-2-4-8-16(14)27-12-17(21)25/h1-10H,11-12H2,(H2,21,25)(H,22,23,26). The molecule has 0 aliphatic heterocycles. The van der Waals surface area contributed by atoms with Gasteiger partial charge in [0.25, 0.3) is 5.91 Å². The second-order valence-electron chi connectivity index (χ2n) is 5.68. The number of nitrogens with one attached hydrogen (secondary N) is 1. The molecular weight excluding hydrogens is 384 g/mol. The smallest absolute Gasteiger partial charge is 0.259 e. The van der Waals surface area contributed by atoms with Crippen LogP contribution in [-0.2, 0) is 11.3 Å². The third-order valence-electron chi connectivity index (χ3n) is 3.74. The van der Waals surface area contributed by atoms with Gasteiger partial charge in [-0.15, -0.1) is 11.8 Å². The zero-order chi connectivity index (χ0) is 19.2. The molecule has 3 N–H and O–H groups in total. The molecule has 6 nitrogen and oxygen atoms in total. The van der Waals surface area contributed by atoms with Gasteiger partial charge in [-0.25, -0.2) is 4.98 Å². The Bertz CT molecular complexity index is 974. The Hall–Kier alpha value is -2.77. The fourth-order valence-corrected chi connectivity index (χ4v) is 3.45. The molecule has 1 heterocycles. The van der Waals surface area contributed by atoms with Gasteiger partial charge in [-0.3, -0.25) is 14.9 Å². The summed E-state index contributed by atoms with van der Waals surface area (Å²) in [6.07, 6.45) is 3.38. The van der Waals surface area contributed by atoms with E-state index < -0.39 is 5.91 Å². The molecule has 138 valence electrons. The van der Waals surface area contributed by atoms with Crippen molar-refractivity contribution < 1.29 is 9.59 Å². The van der Waals surface area contributed by atoms with Gasteiger partial charge in [-0.1, -0.05) is 41.9 Å². The molecule has 2 aromatic carbocycles. The number of rotatable bonds is 7. The molecule has 3 rings (SSSR count). The zero-order valence-electron chi connectivity index (χ0n) is 14.3.